The zero-order valence-corrected chi connectivity index (χ0v) is 10.9. The third-order valence-electron chi connectivity index (χ3n) is 3.71. The summed E-state index contributed by atoms with van der Waals surface area (Å²) < 4.78 is 13.0. The molecule has 1 amide bonds. The molecule has 1 aromatic rings. The second-order valence-electron chi connectivity index (χ2n) is 5.19. The van der Waals surface area contributed by atoms with Crippen LogP contribution in [0.15, 0.2) is 24.3 Å². The van der Waals surface area contributed by atoms with Crippen LogP contribution in [0.1, 0.15) is 31.2 Å². The second-order valence-corrected chi connectivity index (χ2v) is 5.19. The molecule has 2 atom stereocenters. The van der Waals surface area contributed by atoms with Crippen molar-refractivity contribution in [3.63, 3.8) is 0 Å². The molecule has 2 rings (SSSR count). The molecular weight excluding hydrogens is 245 g/mol. The Morgan fingerprint density at radius 1 is 1.42 bits per heavy atom. The van der Waals surface area contributed by atoms with Crippen LogP contribution in [-0.4, -0.2) is 23.7 Å². The van der Waals surface area contributed by atoms with E-state index in [4.69, 9.17) is 0 Å². The Kier molecular flexibility index (Phi) is 4.91. The average Bonchev–Trinajstić information content (AvgIpc) is 2.80. The normalized spacial score (nSPS) is 22.4. The molecule has 2 unspecified atom stereocenters. The standard InChI is InChI=1S/C15H20FNO2/c16-13-5-1-3-11(9-13)7-8-15(19)17-10-12-4-2-6-14(12)18/h1,3,5,9,12,14,18H,2,4,6-8,10H2,(H,17,19). The first kappa shape index (κ1) is 14.0. The first-order valence-electron chi connectivity index (χ1n) is 6.84. The summed E-state index contributed by atoms with van der Waals surface area (Å²) in [4.78, 5) is 11.7. The molecule has 0 aliphatic heterocycles. The average molecular weight is 265 g/mol. The predicted octanol–water partition coefficient (Wildman–Crippen LogP) is 2.04. The van der Waals surface area contributed by atoms with Gasteiger partial charge in [0, 0.05) is 18.9 Å². The first-order chi connectivity index (χ1) is 9.15. The number of nitrogens with one attached hydrogen (secondary N) is 1. The predicted molar refractivity (Wildman–Crippen MR) is 71.1 cm³/mol. The molecule has 104 valence electrons. The van der Waals surface area contributed by atoms with Crippen LogP contribution in [0, 0.1) is 11.7 Å². The van der Waals surface area contributed by atoms with Crippen LogP contribution >= 0.6 is 0 Å². The molecule has 0 spiro atoms. The molecule has 0 heterocycles. The van der Waals surface area contributed by atoms with E-state index in [1.54, 1.807) is 6.07 Å². The number of benzene rings is 1. The fourth-order valence-electron chi connectivity index (χ4n) is 2.54. The minimum Gasteiger partial charge on any atom is -0.393 e. The van der Waals surface area contributed by atoms with Gasteiger partial charge in [-0.15, -0.1) is 0 Å². The lowest BCUT2D eigenvalue weighted by molar-refractivity contribution is -0.121. The van der Waals surface area contributed by atoms with Crippen molar-refractivity contribution in [2.45, 2.75) is 38.2 Å². The van der Waals surface area contributed by atoms with Gasteiger partial charge in [-0.3, -0.25) is 4.79 Å². The molecule has 19 heavy (non-hydrogen) atoms. The van der Waals surface area contributed by atoms with Gasteiger partial charge in [-0.25, -0.2) is 4.39 Å². The Morgan fingerprint density at radius 2 is 2.26 bits per heavy atom. The Hall–Kier alpha value is -1.42. The van der Waals surface area contributed by atoms with Gasteiger partial charge in [0.2, 0.25) is 5.91 Å². The van der Waals surface area contributed by atoms with Crippen LogP contribution in [0.2, 0.25) is 0 Å². The minimum absolute atomic E-state index is 0.0386. The van der Waals surface area contributed by atoms with Gasteiger partial charge < -0.3 is 10.4 Å². The van der Waals surface area contributed by atoms with Crippen LogP contribution < -0.4 is 5.32 Å². The maximum absolute atomic E-state index is 13.0. The number of aliphatic hydroxyl groups is 1. The van der Waals surface area contributed by atoms with E-state index in [9.17, 15) is 14.3 Å². The summed E-state index contributed by atoms with van der Waals surface area (Å²) in [5.41, 5.74) is 0.830. The molecule has 4 heteroatoms. The third-order valence-corrected chi connectivity index (χ3v) is 3.71. The molecule has 1 aliphatic carbocycles. The van der Waals surface area contributed by atoms with Gasteiger partial charge >= 0.3 is 0 Å². The number of aryl methyl sites for hydroxylation is 1. The number of hydrogen-bond acceptors (Lipinski definition) is 2. The summed E-state index contributed by atoms with van der Waals surface area (Å²) in [6.45, 7) is 0.545. The fourth-order valence-corrected chi connectivity index (χ4v) is 2.54. The molecule has 0 aromatic heterocycles. The third kappa shape index (κ3) is 4.31. The lowest BCUT2D eigenvalue weighted by atomic mass is 10.1. The smallest absolute Gasteiger partial charge is 0.220 e. The van der Waals surface area contributed by atoms with Gasteiger partial charge in [-0.1, -0.05) is 18.6 Å². The molecule has 3 nitrogen and oxygen atoms in total. The van der Waals surface area contributed by atoms with Crippen LogP contribution in [0.3, 0.4) is 0 Å². The number of hydrogen-bond donors (Lipinski definition) is 2. The molecule has 2 N–H and O–H groups in total. The molecule has 1 saturated carbocycles. The van der Waals surface area contributed by atoms with E-state index in [1.165, 1.54) is 12.1 Å². The van der Waals surface area contributed by atoms with Crippen LogP contribution in [0.25, 0.3) is 0 Å². The quantitative estimate of drug-likeness (QED) is 0.856. The van der Waals surface area contributed by atoms with Crippen LogP contribution in [0.4, 0.5) is 4.39 Å². The molecule has 0 bridgehead atoms. The highest BCUT2D eigenvalue weighted by molar-refractivity contribution is 5.76. The number of halogens is 1. The molecule has 0 saturated heterocycles. The van der Waals surface area contributed by atoms with Gasteiger partial charge in [0.1, 0.15) is 5.82 Å². The highest BCUT2D eigenvalue weighted by Crippen LogP contribution is 2.24. The first-order valence-corrected chi connectivity index (χ1v) is 6.84. The highest BCUT2D eigenvalue weighted by atomic mass is 19.1. The number of aliphatic hydroxyl groups excluding tert-OH is 1. The van der Waals surface area contributed by atoms with E-state index < -0.39 is 0 Å². The largest absolute Gasteiger partial charge is 0.393 e. The fraction of sp³-hybridized carbons (Fsp3) is 0.533. The topological polar surface area (TPSA) is 49.3 Å². The second kappa shape index (κ2) is 6.66. The summed E-state index contributed by atoms with van der Waals surface area (Å²) in [7, 11) is 0. The minimum atomic E-state index is -0.275. The van der Waals surface area contributed by atoms with Crippen molar-refractivity contribution in [3.8, 4) is 0 Å². The Bertz CT molecular complexity index is 436. The molecule has 1 fully saturated rings. The zero-order valence-electron chi connectivity index (χ0n) is 10.9. The van der Waals surface area contributed by atoms with Gasteiger partial charge in [0.15, 0.2) is 0 Å². The molecule has 1 aliphatic rings. The lowest BCUT2D eigenvalue weighted by Crippen LogP contribution is -2.32. The number of carbonyl (C=O) groups excluding carboxylic acids is 1. The van der Waals surface area contributed by atoms with Gasteiger partial charge in [-0.05, 0) is 37.0 Å². The Labute approximate surface area is 112 Å². The van der Waals surface area contributed by atoms with Gasteiger partial charge in [0.25, 0.3) is 0 Å². The Balaban J connectivity index is 1.70. The highest BCUT2D eigenvalue weighted by Gasteiger charge is 2.25. The van der Waals surface area contributed by atoms with E-state index in [0.717, 1.165) is 24.8 Å². The summed E-state index contributed by atoms with van der Waals surface area (Å²) in [5, 5.41) is 12.5. The van der Waals surface area contributed by atoms with Crippen molar-refractivity contribution >= 4 is 5.91 Å². The molecular formula is C15H20FNO2. The van der Waals surface area contributed by atoms with E-state index in [2.05, 4.69) is 5.32 Å². The Morgan fingerprint density at radius 3 is 2.95 bits per heavy atom. The lowest BCUT2D eigenvalue weighted by Gasteiger charge is -2.15. The molecule has 0 radical (unpaired) electrons. The van der Waals surface area contributed by atoms with Crippen molar-refractivity contribution in [1.29, 1.82) is 0 Å². The summed E-state index contributed by atoms with van der Waals surface area (Å²) in [6.07, 6.45) is 3.46. The van der Waals surface area contributed by atoms with E-state index >= 15 is 0 Å². The SMILES string of the molecule is O=C(CCc1cccc(F)c1)NCC1CCCC1O. The summed E-state index contributed by atoms with van der Waals surface area (Å²) in [6, 6.07) is 6.31. The number of amides is 1. The molecule has 1 aromatic carbocycles. The van der Waals surface area contributed by atoms with Crippen molar-refractivity contribution < 1.29 is 14.3 Å². The van der Waals surface area contributed by atoms with Crippen LogP contribution in [0.5, 0.6) is 0 Å². The summed E-state index contributed by atoms with van der Waals surface area (Å²) in [5.74, 6) is -0.117. The monoisotopic (exact) mass is 265 g/mol. The van der Waals surface area contributed by atoms with Gasteiger partial charge in [-0.2, -0.15) is 0 Å². The number of rotatable bonds is 5. The van der Waals surface area contributed by atoms with E-state index in [0.29, 0.717) is 19.4 Å². The van der Waals surface area contributed by atoms with Crippen LogP contribution in [-0.2, 0) is 11.2 Å². The van der Waals surface area contributed by atoms with Crippen molar-refractivity contribution in [2.75, 3.05) is 6.54 Å². The van der Waals surface area contributed by atoms with E-state index in [1.807, 2.05) is 6.07 Å². The zero-order chi connectivity index (χ0) is 13.7. The van der Waals surface area contributed by atoms with Crippen molar-refractivity contribution in [2.24, 2.45) is 5.92 Å². The van der Waals surface area contributed by atoms with E-state index in [-0.39, 0.29) is 23.7 Å². The van der Waals surface area contributed by atoms with Gasteiger partial charge in [0.05, 0.1) is 6.10 Å². The maximum atomic E-state index is 13.0. The summed E-state index contributed by atoms with van der Waals surface area (Å²) >= 11 is 0. The maximum Gasteiger partial charge on any atom is 0.220 e. The number of carbonyl (C=O) groups is 1. The van der Waals surface area contributed by atoms with Crippen molar-refractivity contribution in [3.05, 3.63) is 35.6 Å². The van der Waals surface area contributed by atoms with Crippen molar-refractivity contribution in [1.82, 2.24) is 5.32 Å².